The van der Waals surface area contributed by atoms with Gasteiger partial charge >= 0.3 is 0 Å². The van der Waals surface area contributed by atoms with Crippen molar-refractivity contribution >= 4 is 11.8 Å². The highest BCUT2D eigenvalue weighted by atomic mass is 19.1. The van der Waals surface area contributed by atoms with Crippen LogP contribution < -0.4 is 4.74 Å². The van der Waals surface area contributed by atoms with Gasteiger partial charge in [0.1, 0.15) is 11.6 Å². The number of methoxy groups -OCH3 is 1. The predicted octanol–water partition coefficient (Wildman–Crippen LogP) is 4.21. The van der Waals surface area contributed by atoms with E-state index in [-0.39, 0.29) is 24.1 Å². The van der Waals surface area contributed by atoms with Crippen molar-refractivity contribution in [3.8, 4) is 22.7 Å². The summed E-state index contributed by atoms with van der Waals surface area (Å²) >= 11 is 0. The molecule has 3 aromatic carbocycles. The number of nitrogens with zero attached hydrogens (tertiary/aromatic N) is 4. The van der Waals surface area contributed by atoms with Gasteiger partial charge < -0.3 is 14.5 Å². The number of hydrogen-bond donors (Lipinski definition) is 0. The highest BCUT2D eigenvalue weighted by Crippen LogP contribution is 2.27. The third kappa shape index (κ3) is 5.38. The normalized spacial score (nSPS) is 13.5. The SMILES string of the molecule is COc1ccc(-c2cc(C(=O)N3CCN(C(=O)Cc4ccc(F)cc4)CC3)nn2-c2ccccc2)cc1. The van der Waals surface area contributed by atoms with Gasteiger partial charge in [0.15, 0.2) is 5.69 Å². The molecule has 1 saturated heterocycles. The van der Waals surface area contributed by atoms with Crippen LogP contribution in [-0.2, 0) is 11.2 Å². The minimum atomic E-state index is -0.326. The van der Waals surface area contributed by atoms with Crippen LogP contribution in [0, 0.1) is 5.82 Å². The van der Waals surface area contributed by atoms with Gasteiger partial charge in [-0.25, -0.2) is 9.07 Å². The Bertz CT molecular complexity index is 1380. The zero-order valence-corrected chi connectivity index (χ0v) is 20.5. The van der Waals surface area contributed by atoms with Crippen molar-refractivity contribution in [1.82, 2.24) is 19.6 Å². The van der Waals surface area contributed by atoms with Crippen molar-refractivity contribution in [3.63, 3.8) is 0 Å². The monoisotopic (exact) mass is 498 g/mol. The maximum Gasteiger partial charge on any atom is 0.274 e. The van der Waals surface area contributed by atoms with Crippen LogP contribution >= 0.6 is 0 Å². The molecule has 0 spiro atoms. The Morgan fingerprint density at radius 3 is 2.16 bits per heavy atom. The Hall–Kier alpha value is -4.46. The lowest BCUT2D eigenvalue weighted by molar-refractivity contribution is -0.131. The number of amides is 2. The van der Waals surface area contributed by atoms with Gasteiger partial charge in [0.05, 0.1) is 24.9 Å². The molecule has 0 atom stereocenters. The maximum atomic E-state index is 13.4. The number of rotatable bonds is 6. The van der Waals surface area contributed by atoms with E-state index in [1.165, 1.54) is 12.1 Å². The van der Waals surface area contributed by atoms with Crippen LogP contribution in [0.15, 0.2) is 84.9 Å². The lowest BCUT2D eigenvalue weighted by Crippen LogP contribution is -2.51. The van der Waals surface area contributed by atoms with Crippen LogP contribution in [-0.4, -0.2) is 64.7 Å². The molecule has 37 heavy (non-hydrogen) atoms. The van der Waals surface area contributed by atoms with Gasteiger partial charge in [-0.15, -0.1) is 0 Å². The number of carbonyl (C=O) groups excluding carboxylic acids is 2. The molecule has 0 saturated carbocycles. The van der Waals surface area contributed by atoms with Gasteiger partial charge in [0, 0.05) is 31.7 Å². The summed E-state index contributed by atoms with van der Waals surface area (Å²) in [4.78, 5) is 29.6. The lowest BCUT2D eigenvalue weighted by atomic mass is 10.1. The molecule has 8 heteroatoms. The fourth-order valence-corrected chi connectivity index (χ4v) is 4.43. The van der Waals surface area contributed by atoms with E-state index >= 15 is 0 Å². The number of piperazine rings is 1. The van der Waals surface area contributed by atoms with Gasteiger partial charge in [-0.1, -0.05) is 30.3 Å². The molecule has 1 aromatic heterocycles. The molecular weight excluding hydrogens is 471 g/mol. The van der Waals surface area contributed by atoms with Crippen LogP contribution in [0.1, 0.15) is 16.1 Å². The van der Waals surface area contributed by atoms with E-state index in [4.69, 9.17) is 4.74 Å². The van der Waals surface area contributed by atoms with Gasteiger partial charge in [-0.05, 0) is 60.2 Å². The Morgan fingerprint density at radius 2 is 1.51 bits per heavy atom. The molecule has 0 N–H and O–H groups in total. The first kappa shape index (κ1) is 24.2. The molecule has 2 heterocycles. The summed E-state index contributed by atoms with van der Waals surface area (Å²) in [6.45, 7) is 1.72. The topological polar surface area (TPSA) is 67.7 Å². The van der Waals surface area contributed by atoms with E-state index in [9.17, 15) is 14.0 Å². The van der Waals surface area contributed by atoms with Crippen LogP contribution in [0.5, 0.6) is 5.75 Å². The summed E-state index contributed by atoms with van der Waals surface area (Å²) in [5, 5.41) is 4.67. The molecule has 1 fully saturated rings. The van der Waals surface area contributed by atoms with Gasteiger partial charge in [-0.3, -0.25) is 9.59 Å². The zero-order chi connectivity index (χ0) is 25.8. The van der Waals surface area contributed by atoms with Crippen molar-refractivity contribution < 1.29 is 18.7 Å². The highest BCUT2D eigenvalue weighted by molar-refractivity contribution is 5.94. The highest BCUT2D eigenvalue weighted by Gasteiger charge is 2.27. The van der Waals surface area contributed by atoms with Crippen LogP contribution in [0.25, 0.3) is 16.9 Å². The molecule has 1 aliphatic rings. The summed E-state index contributed by atoms with van der Waals surface area (Å²) in [5.74, 6) is 0.217. The first-order valence-corrected chi connectivity index (χ1v) is 12.1. The molecule has 4 aromatic rings. The van der Waals surface area contributed by atoms with E-state index in [1.807, 2.05) is 60.7 Å². The van der Waals surface area contributed by atoms with E-state index in [0.717, 1.165) is 28.3 Å². The minimum absolute atomic E-state index is 0.0335. The van der Waals surface area contributed by atoms with Crippen molar-refractivity contribution in [2.75, 3.05) is 33.3 Å². The summed E-state index contributed by atoms with van der Waals surface area (Å²) in [5.41, 5.74) is 3.67. The number of benzene rings is 3. The molecule has 0 bridgehead atoms. The van der Waals surface area contributed by atoms with E-state index in [0.29, 0.717) is 31.9 Å². The number of para-hydroxylation sites is 1. The molecule has 0 radical (unpaired) electrons. The smallest absolute Gasteiger partial charge is 0.274 e. The van der Waals surface area contributed by atoms with E-state index in [1.54, 1.807) is 33.7 Å². The molecule has 0 unspecified atom stereocenters. The van der Waals surface area contributed by atoms with Crippen LogP contribution in [0.4, 0.5) is 4.39 Å². The molecule has 7 nitrogen and oxygen atoms in total. The Balaban J connectivity index is 1.31. The van der Waals surface area contributed by atoms with Gasteiger partial charge in [-0.2, -0.15) is 5.10 Å². The van der Waals surface area contributed by atoms with E-state index < -0.39 is 0 Å². The van der Waals surface area contributed by atoms with Crippen molar-refractivity contribution in [1.29, 1.82) is 0 Å². The van der Waals surface area contributed by atoms with Crippen molar-refractivity contribution in [2.24, 2.45) is 0 Å². The lowest BCUT2D eigenvalue weighted by Gasteiger charge is -2.34. The third-order valence-electron chi connectivity index (χ3n) is 6.50. The second kappa shape index (κ2) is 10.7. The fraction of sp³-hybridized carbons (Fsp3) is 0.207. The summed E-state index contributed by atoms with van der Waals surface area (Å²) in [6.07, 6.45) is 0.209. The largest absolute Gasteiger partial charge is 0.497 e. The number of halogens is 1. The molecule has 188 valence electrons. The van der Waals surface area contributed by atoms with Crippen molar-refractivity contribution in [3.05, 3.63) is 102 Å². The predicted molar refractivity (Wildman–Crippen MR) is 138 cm³/mol. The van der Waals surface area contributed by atoms with Gasteiger partial charge in [0.25, 0.3) is 5.91 Å². The fourth-order valence-electron chi connectivity index (χ4n) is 4.43. The second-order valence-corrected chi connectivity index (χ2v) is 8.87. The Morgan fingerprint density at radius 1 is 0.865 bits per heavy atom. The molecule has 1 aliphatic heterocycles. The number of aromatic nitrogens is 2. The zero-order valence-electron chi connectivity index (χ0n) is 20.5. The maximum absolute atomic E-state index is 13.4. The minimum Gasteiger partial charge on any atom is -0.497 e. The molecule has 2 amide bonds. The Kier molecular flexibility index (Phi) is 6.98. The standard InChI is InChI=1S/C29H27FN4O3/c1-37-25-13-9-22(10-14-25)27-20-26(31-34(27)24-5-3-2-4-6-24)29(36)33-17-15-32(16-18-33)28(35)19-21-7-11-23(30)12-8-21/h2-14,20H,15-19H2,1H3. The Labute approximate surface area is 214 Å². The van der Waals surface area contributed by atoms with Crippen LogP contribution in [0.2, 0.25) is 0 Å². The summed E-state index contributed by atoms with van der Waals surface area (Å²) in [7, 11) is 1.62. The quantitative estimate of drug-likeness (QED) is 0.399. The van der Waals surface area contributed by atoms with E-state index in [2.05, 4.69) is 5.10 Å². The average molecular weight is 499 g/mol. The van der Waals surface area contributed by atoms with Gasteiger partial charge in [0.2, 0.25) is 5.91 Å². The van der Waals surface area contributed by atoms with Crippen molar-refractivity contribution in [2.45, 2.75) is 6.42 Å². The second-order valence-electron chi connectivity index (χ2n) is 8.87. The summed E-state index contributed by atoms with van der Waals surface area (Å²) < 4.78 is 20.2. The van der Waals surface area contributed by atoms with Crippen LogP contribution in [0.3, 0.4) is 0 Å². The molecule has 5 rings (SSSR count). The average Bonchev–Trinajstić information content (AvgIpc) is 3.40. The first-order valence-electron chi connectivity index (χ1n) is 12.1. The number of hydrogen-bond acceptors (Lipinski definition) is 4. The first-order chi connectivity index (χ1) is 18.0. The molecular formula is C29H27FN4O3. The molecule has 0 aliphatic carbocycles. The third-order valence-corrected chi connectivity index (χ3v) is 6.50. The summed E-state index contributed by atoms with van der Waals surface area (Å²) in [6, 6.07) is 25.1. The number of carbonyl (C=O) groups is 2. The number of ether oxygens (including phenoxy) is 1.